The first kappa shape index (κ1) is 14.1. The van der Waals surface area contributed by atoms with Crippen molar-refractivity contribution >= 4 is 23.1 Å². The summed E-state index contributed by atoms with van der Waals surface area (Å²) in [4.78, 5) is 14.0. The monoisotopic (exact) mass is 284 g/mol. The number of benzene rings is 2. The summed E-state index contributed by atoms with van der Waals surface area (Å²) >= 11 is 5.88. The number of para-hydroxylation sites is 1. The number of carbonyl (C=O) groups is 1. The lowest BCUT2D eigenvalue weighted by Crippen LogP contribution is -2.26. The van der Waals surface area contributed by atoms with Crippen LogP contribution in [0.2, 0.25) is 5.02 Å². The molecule has 0 spiro atoms. The summed E-state index contributed by atoms with van der Waals surface area (Å²) in [5.74, 6) is -0.0391. The molecule has 2 rings (SSSR count). The molecule has 3 nitrogen and oxygen atoms in total. The van der Waals surface area contributed by atoms with E-state index in [2.05, 4.69) is 6.07 Å². The largest absolute Gasteiger partial charge is 0.366 e. The summed E-state index contributed by atoms with van der Waals surface area (Å²) < 4.78 is 0. The van der Waals surface area contributed by atoms with Crippen LogP contribution >= 0.6 is 11.6 Å². The molecule has 0 radical (unpaired) electrons. The van der Waals surface area contributed by atoms with Crippen molar-refractivity contribution in [1.82, 2.24) is 0 Å². The second kappa shape index (κ2) is 6.23. The van der Waals surface area contributed by atoms with E-state index in [0.29, 0.717) is 16.1 Å². The van der Waals surface area contributed by atoms with Gasteiger partial charge in [0.1, 0.15) is 6.07 Å². The summed E-state index contributed by atoms with van der Waals surface area (Å²) in [7, 11) is 1.79. The predicted octanol–water partition coefficient (Wildman–Crippen LogP) is 3.53. The van der Waals surface area contributed by atoms with Crippen LogP contribution in [0.1, 0.15) is 15.9 Å². The zero-order valence-electron chi connectivity index (χ0n) is 11.0. The van der Waals surface area contributed by atoms with Crippen molar-refractivity contribution in [3.8, 4) is 6.07 Å². The molecule has 0 aromatic heterocycles. The highest BCUT2D eigenvalue weighted by Gasteiger charge is 2.12. The van der Waals surface area contributed by atoms with Gasteiger partial charge in [-0.1, -0.05) is 35.9 Å². The Morgan fingerprint density at radius 2 is 2.00 bits per heavy atom. The quantitative estimate of drug-likeness (QED) is 0.807. The van der Waals surface area contributed by atoms with Crippen LogP contribution in [-0.4, -0.2) is 19.4 Å². The van der Waals surface area contributed by atoms with E-state index in [1.807, 2.05) is 12.1 Å². The number of nitrogens with zero attached hydrogens (tertiary/aromatic N) is 2. The van der Waals surface area contributed by atoms with E-state index >= 15 is 0 Å². The van der Waals surface area contributed by atoms with E-state index in [4.69, 9.17) is 16.9 Å². The number of rotatable bonds is 4. The van der Waals surface area contributed by atoms with Crippen LogP contribution in [0.3, 0.4) is 0 Å². The van der Waals surface area contributed by atoms with Crippen molar-refractivity contribution in [2.24, 2.45) is 0 Å². The minimum atomic E-state index is -0.0391. The van der Waals surface area contributed by atoms with E-state index in [1.54, 1.807) is 48.3 Å². The van der Waals surface area contributed by atoms with E-state index in [9.17, 15) is 4.79 Å². The third-order valence-corrected chi connectivity index (χ3v) is 3.20. The SMILES string of the molecule is CN(CC(=O)c1cccc(Cl)c1)c1ccccc1C#N. The number of likely N-dealkylation sites (N-methyl/N-ethyl adjacent to an activating group) is 1. The predicted molar refractivity (Wildman–Crippen MR) is 80.2 cm³/mol. The average molecular weight is 285 g/mol. The Morgan fingerprint density at radius 3 is 2.70 bits per heavy atom. The Balaban J connectivity index is 2.18. The van der Waals surface area contributed by atoms with Crippen LogP contribution in [0, 0.1) is 11.3 Å². The van der Waals surface area contributed by atoms with Gasteiger partial charge in [0.15, 0.2) is 5.78 Å². The first-order chi connectivity index (χ1) is 9.61. The maximum atomic E-state index is 12.2. The number of halogens is 1. The van der Waals surface area contributed by atoms with Gasteiger partial charge < -0.3 is 4.90 Å². The number of hydrogen-bond acceptors (Lipinski definition) is 3. The normalized spacial score (nSPS) is 9.85. The van der Waals surface area contributed by atoms with Crippen LogP contribution in [0.5, 0.6) is 0 Å². The van der Waals surface area contributed by atoms with Gasteiger partial charge in [0, 0.05) is 17.6 Å². The zero-order chi connectivity index (χ0) is 14.5. The summed E-state index contributed by atoms with van der Waals surface area (Å²) in [5, 5.41) is 9.61. The molecular weight excluding hydrogens is 272 g/mol. The molecule has 0 aliphatic rings. The second-order valence-corrected chi connectivity index (χ2v) is 4.85. The van der Waals surface area contributed by atoms with E-state index < -0.39 is 0 Å². The number of hydrogen-bond donors (Lipinski definition) is 0. The molecule has 0 N–H and O–H groups in total. The molecule has 2 aromatic carbocycles. The van der Waals surface area contributed by atoms with Crippen LogP contribution in [0.25, 0.3) is 0 Å². The van der Waals surface area contributed by atoms with Crippen molar-refractivity contribution in [2.45, 2.75) is 0 Å². The lowest BCUT2D eigenvalue weighted by Gasteiger charge is -2.19. The molecule has 0 aliphatic heterocycles. The molecule has 0 unspecified atom stereocenters. The fourth-order valence-corrected chi connectivity index (χ4v) is 2.15. The minimum Gasteiger partial charge on any atom is -0.366 e. The Kier molecular flexibility index (Phi) is 4.39. The van der Waals surface area contributed by atoms with Crippen molar-refractivity contribution in [2.75, 3.05) is 18.5 Å². The number of nitriles is 1. The molecule has 0 saturated heterocycles. The molecule has 0 amide bonds. The number of Topliss-reactive ketones (excluding diaryl/α,β-unsaturated/α-hetero) is 1. The fourth-order valence-electron chi connectivity index (χ4n) is 1.95. The van der Waals surface area contributed by atoms with Gasteiger partial charge in [0.25, 0.3) is 0 Å². The molecule has 0 aliphatic carbocycles. The number of anilines is 1. The van der Waals surface area contributed by atoms with Gasteiger partial charge in [0.05, 0.1) is 17.8 Å². The molecule has 2 aromatic rings. The number of ketones is 1. The first-order valence-electron chi connectivity index (χ1n) is 6.11. The Labute approximate surface area is 123 Å². The molecular formula is C16H13ClN2O. The Bertz CT molecular complexity index is 676. The highest BCUT2D eigenvalue weighted by Crippen LogP contribution is 2.19. The average Bonchev–Trinajstić information content (AvgIpc) is 2.47. The lowest BCUT2D eigenvalue weighted by molar-refractivity contribution is 0.100. The van der Waals surface area contributed by atoms with Gasteiger partial charge >= 0.3 is 0 Å². The molecule has 0 saturated carbocycles. The Hall–Kier alpha value is -2.31. The maximum absolute atomic E-state index is 12.2. The minimum absolute atomic E-state index is 0.0391. The van der Waals surface area contributed by atoms with Crippen molar-refractivity contribution in [3.05, 3.63) is 64.7 Å². The van der Waals surface area contributed by atoms with Crippen LogP contribution in [0.4, 0.5) is 5.69 Å². The third kappa shape index (κ3) is 3.17. The van der Waals surface area contributed by atoms with Gasteiger partial charge in [-0.25, -0.2) is 0 Å². The van der Waals surface area contributed by atoms with Gasteiger partial charge in [-0.05, 0) is 24.3 Å². The highest BCUT2D eigenvalue weighted by molar-refractivity contribution is 6.31. The van der Waals surface area contributed by atoms with E-state index in [-0.39, 0.29) is 12.3 Å². The zero-order valence-corrected chi connectivity index (χ0v) is 11.8. The molecule has 0 bridgehead atoms. The van der Waals surface area contributed by atoms with Crippen molar-refractivity contribution in [1.29, 1.82) is 5.26 Å². The summed E-state index contributed by atoms with van der Waals surface area (Å²) in [5.41, 5.74) is 1.86. The molecule has 0 fully saturated rings. The first-order valence-corrected chi connectivity index (χ1v) is 6.48. The van der Waals surface area contributed by atoms with Crippen molar-refractivity contribution in [3.63, 3.8) is 0 Å². The molecule has 20 heavy (non-hydrogen) atoms. The second-order valence-electron chi connectivity index (χ2n) is 4.42. The molecule has 0 heterocycles. The highest BCUT2D eigenvalue weighted by atomic mass is 35.5. The Morgan fingerprint density at radius 1 is 1.25 bits per heavy atom. The third-order valence-electron chi connectivity index (χ3n) is 2.96. The van der Waals surface area contributed by atoms with Gasteiger partial charge in [-0.3, -0.25) is 4.79 Å². The fraction of sp³-hybridized carbons (Fsp3) is 0.125. The van der Waals surface area contributed by atoms with Gasteiger partial charge in [0.2, 0.25) is 0 Å². The topological polar surface area (TPSA) is 44.1 Å². The summed E-state index contributed by atoms with van der Waals surface area (Å²) in [6, 6.07) is 16.2. The van der Waals surface area contributed by atoms with Gasteiger partial charge in [-0.2, -0.15) is 5.26 Å². The van der Waals surface area contributed by atoms with Crippen LogP contribution < -0.4 is 4.90 Å². The maximum Gasteiger partial charge on any atom is 0.182 e. The van der Waals surface area contributed by atoms with E-state index in [0.717, 1.165) is 5.69 Å². The lowest BCUT2D eigenvalue weighted by atomic mass is 10.1. The van der Waals surface area contributed by atoms with E-state index in [1.165, 1.54) is 0 Å². The molecule has 100 valence electrons. The van der Waals surface area contributed by atoms with Crippen LogP contribution in [0.15, 0.2) is 48.5 Å². The number of carbonyl (C=O) groups excluding carboxylic acids is 1. The van der Waals surface area contributed by atoms with Crippen LogP contribution in [-0.2, 0) is 0 Å². The summed E-state index contributed by atoms with van der Waals surface area (Å²) in [6.45, 7) is 0.193. The smallest absolute Gasteiger partial charge is 0.182 e. The van der Waals surface area contributed by atoms with Gasteiger partial charge in [-0.15, -0.1) is 0 Å². The standard InChI is InChI=1S/C16H13ClN2O/c1-19(15-8-3-2-5-13(15)10-18)11-16(20)12-6-4-7-14(17)9-12/h2-9H,11H2,1H3. The molecule has 4 heteroatoms. The van der Waals surface area contributed by atoms with Crippen molar-refractivity contribution < 1.29 is 4.79 Å². The molecule has 0 atom stereocenters. The summed E-state index contributed by atoms with van der Waals surface area (Å²) in [6.07, 6.45) is 0.